The molecule has 0 aromatic carbocycles. The van der Waals surface area contributed by atoms with Crippen molar-refractivity contribution in [3.8, 4) is 10.1 Å². The predicted octanol–water partition coefficient (Wildman–Crippen LogP) is 4.10. The highest BCUT2D eigenvalue weighted by Gasteiger charge is 2.13. The van der Waals surface area contributed by atoms with Crippen molar-refractivity contribution >= 4 is 31.3 Å². The molecular formula is C10H11O3PS2. The Bertz CT molecular complexity index is 424. The van der Waals surface area contributed by atoms with Crippen molar-refractivity contribution in [3.05, 3.63) is 34.0 Å². The lowest BCUT2D eigenvalue weighted by atomic mass is 10.4. The van der Waals surface area contributed by atoms with E-state index in [4.69, 9.17) is 9.05 Å². The summed E-state index contributed by atoms with van der Waals surface area (Å²) < 4.78 is 10.5. The van der Waals surface area contributed by atoms with Crippen molar-refractivity contribution in [2.45, 2.75) is 13.8 Å². The molecule has 2 heterocycles. The lowest BCUT2D eigenvalue weighted by Gasteiger charge is -2.08. The zero-order valence-corrected chi connectivity index (χ0v) is 11.4. The number of hydrogen-bond donors (Lipinski definition) is 1. The molecule has 2 aromatic heterocycles. The molecule has 0 unspecified atom stereocenters. The number of hydrogen-bond acceptors (Lipinski definition) is 5. The molecule has 0 saturated carbocycles. The Kier molecular flexibility index (Phi) is 3.82. The van der Waals surface area contributed by atoms with Gasteiger partial charge < -0.3 is 13.9 Å². The molecule has 1 N–H and O–H groups in total. The first-order valence-corrected chi connectivity index (χ1v) is 7.47. The zero-order chi connectivity index (χ0) is 11.5. The van der Waals surface area contributed by atoms with Gasteiger partial charge in [-0.1, -0.05) is 0 Å². The Balaban J connectivity index is 1.91. The molecule has 0 aliphatic heterocycles. The van der Waals surface area contributed by atoms with Crippen molar-refractivity contribution in [2.24, 2.45) is 0 Å². The molecule has 2 rings (SSSR count). The summed E-state index contributed by atoms with van der Waals surface area (Å²) in [5.74, 6) is 0. The van der Waals surface area contributed by atoms with Gasteiger partial charge in [-0.2, -0.15) is 0 Å². The summed E-state index contributed by atoms with van der Waals surface area (Å²) in [6.07, 6.45) is 0. The van der Waals surface area contributed by atoms with E-state index in [1.807, 2.05) is 36.7 Å². The molecule has 0 aliphatic carbocycles. The Morgan fingerprint density at radius 3 is 1.75 bits per heavy atom. The van der Waals surface area contributed by atoms with Crippen molar-refractivity contribution in [2.75, 3.05) is 0 Å². The average molecular weight is 274 g/mol. The number of rotatable bonds is 4. The third kappa shape index (κ3) is 3.19. The zero-order valence-electron chi connectivity index (χ0n) is 8.84. The van der Waals surface area contributed by atoms with E-state index in [9.17, 15) is 4.89 Å². The van der Waals surface area contributed by atoms with Crippen molar-refractivity contribution < 1.29 is 13.9 Å². The largest absolute Gasteiger partial charge is 0.461 e. The van der Waals surface area contributed by atoms with Crippen LogP contribution in [-0.4, -0.2) is 4.89 Å². The first kappa shape index (κ1) is 11.9. The highest BCUT2D eigenvalue weighted by Crippen LogP contribution is 2.40. The molecular weight excluding hydrogens is 263 g/mol. The average Bonchev–Trinajstić information content (AvgIpc) is 2.76. The van der Waals surface area contributed by atoms with Gasteiger partial charge in [-0.25, -0.2) is 0 Å². The molecule has 0 atom stereocenters. The summed E-state index contributed by atoms with van der Waals surface area (Å²) in [5.41, 5.74) is 2.24. The van der Waals surface area contributed by atoms with Gasteiger partial charge in [-0.15, -0.1) is 22.7 Å². The highest BCUT2D eigenvalue weighted by molar-refractivity contribution is 7.42. The van der Waals surface area contributed by atoms with Gasteiger partial charge >= 0.3 is 8.60 Å². The monoisotopic (exact) mass is 274 g/mol. The van der Waals surface area contributed by atoms with E-state index >= 15 is 0 Å². The fourth-order valence-corrected chi connectivity index (χ4v) is 3.50. The van der Waals surface area contributed by atoms with Gasteiger partial charge in [0.15, 0.2) is 10.1 Å². The van der Waals surface area contributed by atoms with E-state index in [0.29, 0.717) is 10.1 Å². The van der Waals surface area contributed by atoms with Gasteiger partial charge in [-0.3, -0.25) is 0 Å². The molecule has 2 aromatic rings. The summed E-state index contributed by atoms with van der Waals surface area (Å²) in [4.78, 5) is 9.61. The molecule has 0 bridgehead atoms. The van der Waals surface area contributed by atoms with Crippen molar-refractivity contribution in [1.29, 1.82) is 0 Å². The Hall–Kier alpha value is -0.610. The topological polar surface area (TPSA) is 38.7 Å². The Labute approximate surface area is 103 Å². The molecule has 16 heavy (non-hydrogen) atoms. The van der Waals surface area contributed by atoms with E-state index < -0.39 is 8.60 Å². The van der Waals surface area contributed by atoms with Crippen LogP contribution in [0, 0.1) is 13.8 Å². The molecule has 0 spiro atoms. The highest BCUT2D eigenvalue weighted by atomic mass is 32.1. The maximum Gasteiger partial charge on any atom is 0.461 e. The van der Waals surface area contributed by atoms with Crippen LogP contribution in [-0.2, 0) is 0 Å². The lowest BCUT2D eigenvalue weighted by molar-refractivity contribution is 0.390. The van der Waals surface area contributed by atoms with Crippen LogP contribution in [0.4, 0.5) is 0 Å². The van der Waals surface area contributed by atoms with Crippen molar-refractivity contribution in [3.63, 3.8) is 0 Å². The SMILES string of the molecule is Cc1csc(OP(O)Oc2cc(C)cs2)c1. The fourth-order valence-electron chi connectivity index (χ4n) is 1.08. The molecule has 6 heteroatoms. The lowest BCUT2D eigenvalue weighted by Crippen LogP contribution is -1.91. The van der Waals surface area contributed by atoms with E-state index in [0.717, 1.165) is 11.1 Å². The Morgan fingerprint density at radius 2 is 1.44 bits per heavy atom. The van der Waals surface area contributed by atoms with Crippen LogP contribution in [0.5, 0.6) is 10.1 Å². The molecule has 0 amide bonds. The van der Waals surface area contributed by atoms with Gasteiger partial charge in [0, 0.05) is 0 Å². The fraction of sp³-hybridized carbons (Fsp3) is 0.200. The van der Waals surface area contributed by atoms with Gasteiger partial charge in [0.2, 0.25) is 0 Å². The molecule has 86 valence electrons. The normalized spacial score (nSPS) is 10.8. The third-order valence-corrected chi connectivity index (χ3v) is 4.55. The van der Waals surface area contributed by atoms with Gasteiger partial charge in [0.25, 0.3) is 0 Å². The van der Waals surface area contributed by atoms with Crippen LogP contribution in [0.15, 0.2) is 22.9 Å². The summed E-state index contributed by atoms with van der Waals surface area (Å²) in [6, 6.07) is 3.75. The second-order valence-corrected chi connectivity index (χ2v) is 5.89. The van der Waals surface area contributed by atoms with Crippen molar-refractivity contribution in [1.82, 2.24) is 0 Å². The smallest absolute Gasteiger partial charge is 0.407 e. The van der Waals surface area contributed by atoms with Gasteiger partial charge in [-0.05, 0) is 47.9 Å². The van der Waals surface area contributed by atoms with Crippen LogP contribution in [0.3, 0.4) is 0 Å². The second kappa shape index (κ2) is 5.15. The summed E-state index contributed by atoms with van der Waals surface area (Å²) in [7, 11) is -1.89. The van der Waals surface area contributed by atoms with E-state index in [1.54, 1.807) is 0 Å². The van der Waals surface area contributed by atoms with E-state index in [-0.39, 0.29) is 0 Å². The van der Waals surface area contributed by atoms with Crippen LogP contribution >= 0.6 is 31.3 Å². The molecule has 0 saturated heterocycles. The third-order valence-electron chi connectivity index (χ3n) is 1.75. The molecule has 3 nitrogen and oxygen atoms in total. The first-order chi connectivity index (χ1) is 7.63. The minimum Gasteiger partial charge on any atom is -0.407 e. The van der Waals surface area contributed by atoms with Crippen LogP contribution in [0.25, 0.3) is 0 Å². The quantitative estimate of drug-likeness (QED) is 0.853. The Morgan fingerprint density at radius 1 is 1.00 bits per heavy atom. The minimum absolute atomic E-state index is 0.680. The molecule has 0 radical (unpaired) electrons. The predicted molar refractivity (Wildman–Crippen MR) is 68.5 cm³/mol. The van der Waals surface area contributed by atoms with Crippen LogP contribution < -0.4 is 9.05 Å². The van der Waals surface area contributed by atoms with Gasteiger partial charge in [0.1, 0.15) is 0 Å². The van der Waals surface area contributed by atoms with Crippen LogP contribution in [0.2, 0.25) is 0 Å². The molecule has 0 fully saturated rings. The van der Waals surface area contributed by atoms with E-state index in [2.05, 4.69) is 0 Å². The van der Waals surface area contributed by atoms with Gasteiger partial charge in [0.05, 0.1) is 0 Å². The number of thiophene rings is 2. The standard InChI is InChI=1S/C10H11O3PS2/c1-7-3-9(15-5-7)12-14(11)13-10-4-8(2)6-16-10/h3-6,11H,1-2H3. The maximum absolute atomic E-state index is 9.61. The summed E-state index contributed by atoms with van der Waals surface area (Å²) >= 11 is 2.90. The van der Waals surface area contributed by atoms with Crippen LogP contribution in [0.1, 0.15) is 11.1 Å². The maximum atomic E-state index is 9.61. The summed E-state index contributed by atoms with van der Waals surface area (Å²) in [6.45, 7) is 3.96. The van der Waals surface area contributed by atoms with E-state index in [1.165, 1.54) is 22.7 Å². The first-order valence-electron chi connectivity index (χ1n) is 4.59. The molecule has 0 aliphatic rings. The minimum atomic E-state index is -1.89. The summed E-state index contributed by atoms with van der Waals surface area (Å²) in [5, 5.41) is 5.29. The second-order valence-electron chi connectivity index (χ2n) is 3.31. The number of aryl methyl sites for hydroxylation is 2.